The average Bonchev–Trinajstić information content (AvgIpc) is 2.26. The topological polar surface area (TPSA) is 63.3 Å². The van der Waals surface area contributed by atoms with Crippen molar-refractivity contribution in [2.45, 2.75) is 38.6 Å². The van der Waals surface area contributed by atoms with Gasteiger partial charge in [0.25, 0.3) is 0 Å². The highest BCUT2D eigenvalue weighted by molar-refractivity contribution is 5.73. The molecule has 0 aliphatic carbocycles. The number of hydrogen-bond acceptors (Lipinski definition) is 2. The van der Waals surface area contributed by atoms with Gasteiger partial charge >= 0.3 is 5.97 Å². The predicted molar refractivity (Wildman–Crippen MR) is 64.5 cm³/mol. The number of aliphatic carboxylic acids is 1. The molecule has 0 spiro atoms. The molecule has 0 amide bonds. The Hall–Kier alpha value is -1.35. The summed E-state index contributed by atoms with van der Waals surface area (Å²) in [6.07, 6.45) is 1.20. The smallest absolute Gasteiger partial charge is 0.320 e. The minimum absolute atomic E-state index is 0.482. The summed E-state index contributed by atoms with van der Waals surface area (Å²) in [6, 6.07) is 7.51. The van der Waals surface area contributed by atoms with Gasteiger partial charge in [-0.2, -0.15) is 0 Å². The van der Waals surface area contributed by atoms with E-state index in [1.54, 1.807) is 0 Å². The second-order valence-corrected chi connectivity index (χ2v) is 4.38. The van der Waals surface area contributed by atoms with E-state index in [1.165, 1.54) is 5.56 Å². The largest absolute Gasteiger partial charge is 0.480 e. The van der Waals surface area contributed by atoms with Gasteiger partial charge in [-0.05, 0) is 29.9 Å². The van der Waals surface area contributed by atoms with E-state index in [4.69, 9.17) is 10.8 Å². The summed E-state index contributed by atoms with van der Waals surface area (Å²) in [5, 5.41) is 8.65. The molecule has 3 nitrogen and oxygen atoms in total. The summed E-state index contributed by atoms with van der Waals surface area (Å²) in [7, 11) is 0. The number of carboxylic acid groups (broad SMARTS) is 1. The van der Waals surface area contributed by atoms with E-state index in [1.807, 2.05) is 12.1 Å². The fraction of sp³-hybridized carbons (Fsp3) is 0.462. The summed E-state index contributed by atoms with van der Waals surface area (Å²) in [5.41, 5.74) is 7.88. The van der Waals surface area contributed by atoms with Crippen LogP contribution >= 0.6 is 0 Å². The highest BCUT2D eigenvalue weighted by atomic mass is 16.4. The lowest BCUT2D eigenvalue weighted by Gasteiger charge is -2.08. The average molecular weight is 221 g/mol. The predicted octanol–water partition coefficient (Wildman–Crippen LogP) is 2.15. The zero-order chi connectivity index (χ0) is 12.1. The number of nitrogens with two attached hydrogens (primary N) is 1. The minimum atomic E-state index is -0.932. The third kappa shape index (κ3) is 3.66. The quantitative estimate of drug-likeness (QED) is 0.800. The molecule has 3 N–H and O–H groups in total. The molecule has 88 valence electrons. The molecule has 0 aliphatic heterocycles. The zero-order valence-electron chi connectivity index (χ0n) is 9.81. The van der Waals surface area contributed by atoms with Crippen LogP contribution in [0.1, 0.15) is 37.3 Å². The van der Waals surface area contributed by atoms with E-state index < -0.39 is 12.0 Å². The molecule has 0 saturated heterocycles. The van der Waals surface area contributed by atoms with Crippen LogP contribution in [0.2, 0.25) is 0 Å². The summed E-state index contributed by atoms with van der Waals surface area (Å²) < 4.78 is 0. The van der Waals surface area contributed by atoms with Gasteiger partial charge in [0.05, 0.1) is 0 Å². The molecule has 1 rings (SSSR count). The number of carbonyl (C=O) groups is 1. The first-order chi connectivity index (χ1) is 7.50. The monoisotopic (exact) mass is 221 g/mol. The van der Waals surface area contributed by atoms with Crippen molar-refractivity contribution in [3.8, 4) is 0 Å². The van der Waals surface area contributed by atoms with Crippen LogP contribution in [-0.2, 0) is 11.2 Å². The Balaban J connectivity index is 2.52. The third-order valence-corrected chi connectivity index (χ3v) is 2.71. The fourth-order valence-electron chi connectivity index (χ4n) is 1.51. The number of benzene rings is 1. The van der Waals surface area contributed by atoms with Crippen molar-refractivity contribution in [2.75, 3.05) is 0 Å². The van der Waals surface area contributed by atoms with Crippen LogP contribution in [0.15, 0.2) is 24.3 Å². The van der Waals surface area contributed by atoms with E-state index in [-0.39, 0.29) is 0 Å². The van der Waals surface area contributed by atoms with Crippen LogP contribution in [0.25, 0.3) is 0 Å². The van der Waals surface area contributed by atoms with E-state index in [9.17, 15) is 4.79 Å². The molecule has 1 atom stereocenters. The number of hydrogen-bond donors (Lipinski definition) is 2. The third-order valence-electron chi connectivity index (χ3n) is 2.71. The Morgan fingerprint density at radius 1 is 1.31 bits per heavy atom. The van der Waals surface area contributed by atoms with Crippen molar-refractivity contribution in [1.82, 2.24) is 0 Å². The lowest BCUT2D eigenvalue weighted by atomic mass is 9.99. The molecular weight excluding hydrogens is 202 g/mol. The second kappa shape index (κ2) is 5.66. The first-order valence-corrected chi connectivity index (χ1v) is 5.58. The molecular formula is C13H19NO2. The molecule has 16 heavy (non-hydrogen) atoms. The van der Waals surface area contributed by atoms with Gasteiger partial charge in [0.15, 0.2) is 0 Å². The van der Waals surface area contributed by atoms with Crippen molar-refractivity contribution in [2.24, 2.45) is 5.73 Å². The van der Waals surface area contributed by atoms with Crippen molar-refractivity contribution >= 4 is 5.97 Å². The molecule has 1 unspecified atom stereocenters. The molecule has 1 aromatic rings. The van der Waals surface area contributed by atoms with Crippen molar-refractivity contribution in [1.29, 1.82) is 0 Å². The molecule has 0 aliphatic rings. The number of aryl methyl sites for hydroxylation is 1. The van der Waals surface area contributed by atoms with E-state index in [2.05, 4.69) is 26.0 Å². The maximum atomic E-state index is 10.5. The van der Waals surface area contributed by atoms with E-state index >= 15 is 0 Å². The molecule has 0 radical (unpaired) electrons. The van der Waals surface area contributed by atoms with Gasteiger partial charge in [0.2, 0.25) is 0 Å². The van der Waals surface area contributed by atoms with E-state index in [0.717, 1.165) is 5.56 Å². The van der Waals surface area contributed by atoms with Gasteiger partial charge in [-0.1, -0.05) is 38.1 Å². The van der Waals surface area contributed by atoms with Crippen LogP contribution in [0, 0.1) is 0 Å². The molecule has 0 heterocycles. The van der Waals surface area contributed by atoms with Gasteiger partial charge in [-0.15, -0.1) is 0 Å². The van der Waals surface area contributed by atoms with Crippen molar-refractivity contribution < 1.29 is 9.90 Å². The Bertz CT molecular complexity index is 343. The van der Waals surface area contributed by atoms with Gasteiger partial charge < -0.3 is 10.8 Å². The van der Waals surface area contributed by atoms with Gasteiger partial charge in [0.1, 0.15) is 6.04 Å². The normalized spacial score (nSPS) is 12.8. The second-order valence-electron chi connectivity index (χ2n) is 4.38. The van der Waals surface area contributed by atoms with Gasteiger partial charge in [-0.25, -0.2) is 0 Å². The van der Waals surface area contributed by atoms with Crippen LogP contribution in [0.4, 0.5) is 0 Å². The highest BCUT2D eigenvalue weighted by Gasteiger charge is 2.10. The Morgan fingerprint density at radius 3 is 2.31 bits per heavy atom. The lowest BCUT2D eigenvalue weighted by molar-refractivity contribution is -0.138. The Morgan fingerprint density at radius 2 is 1.88 bits per heavy atom. The fourth-order valence-corrected chi connectivity index (χ4v) is 1.51. The van der Waals surface area contributed by atoms with Gasteiger partial charge in [-0.3, -0.25) is 4.79 Å². The summed E-state index contributed by atoms with van der Waals surface area (Å²) in [6.45, 7) is 4.30. The Labute approximate surface area is 96.3 Å². The first kappa shape index (κ1) is 12.7. The molecule has 0 fully saturated rings. The lowest BCUT2D eigenvalue weighted by Crippen LogP contribution is -2.30. The maximum absolute atomic E-state index is 10.5. The molecule has 1 aromatic carbocycles. The summed E-state index contributed by atoms with van der Waals surface area (Å²) in [5.74, 6) is -0.408. The Kier molecular flexibility index (Phi) is 4.50. The van der Waals surface area contributed by atoms with Crippen molar-refractivity contribution in [3.63, 3.8) is 0 Å². The number of carboxylic acids is 1. The molecule has 0 bridgehead atoms. The minimum Gasteiger partial charge on any atom is -0.480 e. The standard InChI is InChI=1S/C13H19NO2/c1-9(2)11-6-3-10(4-7-11)5-8-12(14)13(15)16/h3-4,6-7,9,12H,5,8,14H2,1-2H3,(H,15,16). The van der Waals surface area contributed by atoms with Crippen LogP contribution in [0.5, 0.6) is 0 Å². The molecule has 0 aromatic heterocycles. The molecule has 0 saturated carbocycles. The number of rotatable bonds is 5. The maximum Gasteiger partial charge on any atom is 0.320 e. The van der Waals surface area contributed by atoms with Crippen molar-refractivity contribution in [3.05, 3.63) is 35.4 Å². The summed E-state index contributed by atoms with van der Waals surface area (Å²) in [4.78, 5) is 10.5. The highest BCUT2D eigenvalue weighted by Crippen LogP contribution is 2.15. The van der Waals surface area contributed by atoms with Crippen LogP contribution in [-0.4, -0.2) is 17.1 Å². The van der Waals surface area contributed by atoms with E-state index in [0.29, 0.717) is 18.8 Å². The molecule has 3 heteroatoms. The van der Waals surface area contributed by atoms with Gasteiger partial charge in [0, 0.05) is 0 Å². The van der Waals surface area contributed by atoms with Crippen LogP contribution in [0.3, 0.4) is 0 Å². The SMILES string of the molecule is CC(C)c1ccc(CCC(N)C(=O)O)cc1. The van der Waals surface area contributed by atoms with Crippen LogP contribution < -0.4 is 5.73 Å². The summed E-state index contributed by atoms with van der Waals surface area (Å²) >= 11 is 0. The zero-order valence-corrected chi connectivity index (χ0v) is 9.81. The first-order valence-electron chi connectivity index (χ1n) is 5.58.